The third-order valence-electron chi connectivity index (χ3n) is 2.59. The normalized spacial score (nSPS) is 10.7. The van der Waals surface area contributed by atoms with Crippen LogP contribution in [0.25, 0.3) is 0 Å². The lowest BCUT2D eigenvalue weighted by Gasteiger charge is -2.10. The molecule has 1 aromatic carbocycles. The maximum atomic E-state index is 5.76. The van der Waals surface area contributed by atoms with Crippen molar-refractivity contribution in [2.24, 2.45) is 0 Å². The average Bonchev–Trinajstić information content (AvgIpc) is 2.37. The molecule has 0 aliphatic rings. The fraction of sp³-hybridized carbons (Fsp3) is 0.286. The van der Waals surface area contributed by atoms with Crippen LogP contribution in [-0.2, 0) is 6.61 Å². The summed E-state index contributed by atoms with van der Waals surface area (Å²) >= 11 is 3.48. The summed E-state index contributed by atoms with van der Waals surface area (Å²) in [5.41, 5.74) is 6.82. The molecule has 2 aromatic rings. The Hall–Kier alpha value is -1.62. The molecule has 19 heavy (non-hydrogen) atoms. The zero-order valence-corrected chi connectivity index (χ0v) is 12.5. The third-order valence-corrected chi connectivity index (χ3v) is 3.36. The standard InChI is InChI=1S/C14H16BrN3O/c1-9(2)14-17-12(16)7-13(18-14)19-8-10-5-3-4-6-11(10)15/h3-7,9H,8H2,1-2H3,(H2,16,17,18). The first kappa shape index (κ1) is 13.8. The van der Waals surface area contributed by atoms with Gasteiger partial charge in [0.25, 0.3) is 0 Å². The van der Waals surface area contributed by atoms with Gasteiger partial charge >= 0.3 is 0 Å². The van der Waals surface area contributed by atoms with E-state index in [1.807, 2.05) is 38.1 Å². The van der Waals surface area contributed by atoms with Gasteiger partial charge in [0, 0.05) is 22.0 Å². The molecule has 1 aromatic heterocycles. The van der Waals surface area contributed by atoms with Crippen molar-refractivity contribution in [2.45, 2.75) is 26.4 Å². The monoisotopic (exact) mass is 321 g/mol. The molecule has 0 bridgehead atoms. The van der Waals surface area contributed by atoms with E-state index in [2.05, 4.69) is 25.9 Å². The number of nitrogens with zero attached hydrogens (tertiary/aromatic N) is 2. The summed E-state index contributed by atoms with van der Waals surface area (Å²) in [6.07, 6.45) is 0. The van der Waals surface area contributed by atoms with Gasteiger partial charge in [-0.1, -0.05) is 48.0 Å². The van der Waals surface area contributed by atoms with Crippen molar-refractivity contribution in [1.82, 2.24) is 9.97 Å². The maximum Gasteiger partial charge on any atom is 0.219 e. The lowest BCUT2D eigenvalue weighted by Crippen LogP contribution is -2.05. The van der Waals surface area contributed by atoms with Gasteiger partial charge in [0.05, 0.1) is 0 Å². The van der Waals surface area contributed by atoms with Gasteiger partial charge in [0.2, 0.25) is 5.88 Å². The minimum atomic E-state index is 0.217. The van der Waals surface area contributed by atoms with E-state index in [1.54, 1.807) is 6.07 Å². The molecule has 0 saturated carbocycles. The van der Waals surface area contributed by atoms with Crippen molar-refractivity contribution in [3.05, 3.63) is 46.2 Å². The zero-order valence-electron chi connectivity index (χ0n) is 10.9. The van der Waals surface area contributed by atoms with Crippen molar-refractivity contribution in [1.29, 1.82) is 0 Å². The molecule has 0 unspecified atom stereocenters. The molecule has 5 heteroatoms. The number of nitrogens with two attached hydrogens (primary N) is 1. The number of benzene rings is 1. The molecule has 0 amide bonds. The number of hydrogen-bond donors (Lipinski definition) is 1. The zero-order chi connectivity index (χ0) is 13.8. The Morgan fingerprint density at radius 2 is 2.00 bits per heavy atom. The third kappa shape index (κ3) is 3.67. The molecular weight excluding hydrogens is 306 g/mol. The molecule has 0 atom stereocenters. The topological polar surface area (TPSA) is 61.0 Å². The van der Waals surface area contributed by atoms with E-state index in [0.717, 1.165) is 10.0 Å². The van der Waals surface area contributed by atoms with E-state index in [-0.39, 0.29) is 5.92 Å². The molecule has 0 radical (unpaired) electrons. The molecule has 0 saturated heterocycles. The number of halogens is 1. The summed E-state index contributed by atoms with van der Waals surface area (Å²) in [6.45, 7) is 4.48. The molecule has 2 N–H and O–H groups in total. The van der Waals surface area contributed by atoms with Crippen LogP contribution >= 0.6 is 15.9 Å². The van der Waals surface area contributed by atoms with Crippen LogP contribution in [-0.4, -0.2) is 9.97 Å². The smallest absolute Gasteiger partial charge is 0.219 e. The van der Waals surface area contributed by atoms with Gasteiger partial charge in [0.15, 0.2) is 0 Å². The fourth-order valence-electron chi connectivity index (χ4n) is 1.56. The van der Waals surface area contributed by atoms with E-state index in [0.29, 0.717) is 24.1 Å². The first-order valence-corrected chi connectivity index (χ1v) is 6.86. The molecule has 0 aliphatic heterocycles. The van der Waals surface area contributed by atoms with Gasteiger partial charge in [-0.15, -0.1) is 0 Å². The molecule has 0 fully saturated rings. The lowest BCUT2D eigenvalue weighted by atomic mass is 10.2. The van der Waals surface area contributed by atoms with E-state index < -0.39 is 0 Å². The van der Waals surface area contributed by atoms with Gasteiger partial charge in [0.1, 0.15) is 18.2 Å². The van der Waals surface area contributed by atoms with Crippen LogP contribution < -0.4 is 10.5 Å². The minimum absolute atomic E-state index is 0.217. The molecular formula is C14H16BrN3O. The van der Waals surface area contributed by atoms with E-state index in [4.69, 9.17) is 10.5 Å². The molecule has 0 spiro atoms. The minimum Gasteiger partial charge on any atom is -0.473 e. The highest BCUT2D eigenvalue weighted by Crippen LogP contribution is 2.20. The number of aromatic nitrogens is 2. The highest BCUT2D eigenvalue weighted by atomic mass is 79.9. The van der Waals surface area contributed by atoms with Crippen LogP contribution in [0.3, 0.4) is 0 Å². The van der Waals surface area contributed by atoms with Crippen LogP contribution in [0.2, 0.25) is 0 Å². The quantitative estimate of drug-likeness (QED) is 0.935. The predicted octanol–water partition coefficient (Wildman–Crippen LogP) is 3.52. The summed E-state index contributed by atoms with van der Waals surface area (Å²) < 4.78 is 6.70. The fourth-order valence-corrected chi connectivity index (χ4v) is 1.96. The Bertz CT molecular complexity index is 572. The Morgan fingerprint density at radius 3 is 2.68 bits per heavy atom. The second-order valence-electron chi connectivity index (χ2n) is 4.52. The Morgan fingerprint density at radius 1 is 1.26 bits per heavy atom. The van der Waals surface area contributed by atoms with Crippen molar-refractivity contribution in [2.75, 3.05) is 5.73 Å². The SMILES string of the molecule is CC(C)c1nc(N)cc(OCc2ccccc2Br)n1. The van der Waals surface area contributed by atoms with Gasteiger partial charge in [-0.3, -0.25) is 0 Å². The van der Waals surface area contributed by atoms with Crippen LogP contribution in [0.5, 0.6) is 5.88 Å². The second kappa shape index (κ2) is 6.02. The van der Waals surface area contributed by atoms with Crippen molar-refractivity contribution < 1.29 is 4.74 Å². The number of hydrogen-bond acceptors (Lipinski definition) is 4. The Balaban J connectivity index is 2.14. The molecule has 1 heterocycles. The second-order valence-corrected chi connectivity index (χ2v) is 5.38. The lowest BCUT2D eigenvalue weighted by molar-refractivity contribution is 0.291. The molecule has 0 aliphatic carbocycles. The number of nitrogen functional groups attached to an aromatic ring is 1. The first-order chi connectivity index (χ1) is 9.06. The van der Waals surface area contributed by atoms with E-state index in [1.165, 1.54) is 0 Å². The highest BCUT2D eigenvalue weighted by Gasteiger charge is 2.08. The van der Waals surface area contributed by atoms with Crippen LogP contribution in [0.1, 0.15) is 31.2 Å². The summed E-state index contributed by atoms with van der Waals surface area (Å²) in [7, 11) is 0. The summed E-state index contributed by atoms with van der Waals surface area (Å²) in [5.74, 6) is 1.85. The van der Waals surface area contributed by atoms with Crippen molar-refractivity contribution in [3.63, 3.8) is 0 Å². The van der Waals surface area contributed by atoms with Gasteiger partial charge in [-0.2, -0.15) is 4.98 Å². The summed E-state index contributed by atoms with van der Waals surface area (Å²) in [6, 6.07) is 9.55. The maximum absolute atomic E-state index is 5.76. The number of anilines is 1. The summed E-state index contributed by atoms with van der Waals surface area (Å²) in [4.78, 5) is 8.53. The molecule has 2 rings (SSSR count). The van der Waals surface area contributed by atoms with Gasteiger partial charge < -0.3 is 10.5 Å². The highest BCUT2D eigenvalue weighted by molar-refractivity contribution is 9.10. The Kier molecular flexibility index (Phi) is 4.37. The van der Waals surface area contributed by atoms with Gasteiger partial charge in [-0.05, 0) is 6.07 Å². The number of rotatable bonds is 4. The summed E-state index contributed by atoms with van der Waals surface area (Å²) in [5, 5.41) is 0. The number of ether oxygens (including phenoxy) is 1. The largest absolute Gasteiger partial charge is 0.473 e. The Labute approximate surface area is 121 Å². The van der Waals surface area contributed by atoms with Crippen molar-refractivity contribution >= 4 is 21.7 Å². The van der Waals surface area contributed by atoms with E-state index in [9.17, 15) is 0 Å². The van der Waals surface area contributed by atoms with Crippen LogP contribution in [0.4, 0.5) is 5.82 Å². The van der Waals surface area contributed by atoms with Crippen LogP contribution in [0, 0.1) is 0 Å². The first-order valence-electron chi connectivity index (χ1n) is 6.07. The van der Waals surface area contributed by atoms with Crippen LogP contribution in [0.15, 0.2) is 34.8 Å². The van der Waals surface area contributed by atoms with Gasteiger partial charge in [-0.25, -0.2) is 4.98 Å². The predicted molar refractivity (Wildman–Crippen MR) is 79.0 cm³/mol. The van der Waals surface area contributed by atoms with E-state index >= 15 is 0 Å². The van der Waals surface area contributed by atoms with Crippen molar-refractivity contribution in [3.8, 4) is 5.88 Å². The average molecular weight is 322 g/mol. The molecule has 4 nitrogen and oxygen atoms in total. The molecule has 100 valence electrons.